The van der Waals surface area contributed by atoms with Crippen molar-refractivity contribution in [2.45, 2.75) is 25.3 Å². The van der Waals surface area contributed by atoms with E-state index in [4.69, 9.17) is 0 Å². The summed E-state index contributed by atoms with van der Waals surface area (Å²) in [4.78, 5) is 24.6. The summed E-state index contributed by atoms with van der Waals surface area (Å²) >= 11 is 1.63. The summed E-state index contributed by atoms with van der Waals surface area (Å²) in [6.07, 6.45) is 1.98. The zero-order valence-electron chi connectivity index (χ0n) is 12.7. The number of aromatic carboxylic acids is 1. The number of hydrogen-bond donors (Lipinski definition) is 1. The quantitative estimate of drug-likeness (QED) is 0.858. The van der Waals surface area contributed by atoms with Crippen LogP contribution in [0.5, 0.6) is 0 Å². The van der Waals surface area contributed by atoms with E-state index in [2.05, 4.69) is 5.10 Å². The van der Waals surface area contributed by atoms with E-state index in [1.54, 1.807) is 11.8 Å². The van der Waals surface area contributed by atoms with Gasteiger partial charge in [-0.1, -0.05) is 26.0 Å². The van der Waals surface area contributed by atoms with Gasteiger partial charge in [0.15, 0.2) is 0 Å². The van der Waals surface area contributed by atoms with Crippen molar-refractivity contribution in [1.82, 2.24) is 9.78 Å². The molecule has 0 aliphatic carbocycles. The molecule has 6 heteroatoms. The molecule has 1 aromatic carbocycles. The van der Waals surface area contributed by atoms with Crippen molar-refractivity contribution in [2.24, 2.45) is 5.92 Å². The van der Waals surface area contributed by atoms with Crippen molar-refractivity contribution in [1.29, 1.82) is 0 Å². The van der Waals surface area contributed by atoms with Crippen LogP contribution in [0.25, 0.3) is 11.3 Å². The first-order valence-corrected chi connectivity index (χ1v) is 8.14. The first kappa shape index (κ1) is 16.3. The maximum atomic E-state index is 12.1. The van der Waals surface area contributed by atoms with Crippen LogP contribution in [0.1, 0.15) is 24.2 Å². The molecule has 0 amide bonds. The van der Waals surface area contributed by atoms with Crippen LogP contribution in [0.4, 0.5) is 0 Å². The molecule has 0 saturated carbocycles. The molecule has 1 heterocycles. The Morgan fingerprint density at radius 2 is 1.95 bits per heavy atom. The van der Waals surface area contributed by atoms with Gasteiger partial charge >= 0.3 is 5.97 Å². The minimum absolute atomic E-state index is 0.195. The molecule has 0 aliphatic heterocycles. The number of hydrogen-bond acceptors (Lipinski definition) is 4. The monoisotopic (exact) mass is 318 g/mol. The molecule has 1 N–H and O–H groups in total. The maximum Gasteiger partial charge on any atom is 0.341 e. The number of nitrogens with zero attached hydrogens (tertiary/aromatic N) is 2. The van der Waals surface area contributed by atoms with Crippen molar-refractivity contribution < 1.29 is 9.90 Å². The summed E-state index contributed by atoms with van der Waals surface area (Å²) in [6.45, 7) is 4.29. The van der Waals surface area contributed by atoms with Crippen LogP contribution in [-0.4, -0.2) is 27.1 Å². The van der Waals surface area contributed by atoms with E-state index < -0.39 is 11.5 Å². The highest BCUT2D eigenvalue weighted by Crippen LogP contribution is 2.21. The Hall–Kier alpha value is -2.08. The first-order valence-electron chi connectivity index (χ1n) is 6.92. The summed E-state index contributed by atoms with van der Waals surface area (Å²) in [7, 11) is 0. The fourth-order valence-corrected chi connectivity index (χ4v) is 2.48. The number of carbonyl (C=O) groups is 1. The molecule has 0 unspecified atom stereocenters. The third-order valence-corrected chi connectivity index (χ3v) is 3.87. The Morgan fingerprint density at radius 1 is 1.32 bits per heavy atom. The number of carboxylic acid groups (broad SMARTS) is 1. The fraction of sp³-hybridized carbons (Fsp3) is 0.312. The van der Waals surface area contributed by atoms with Gasteiger partial charge in [0, 0.05) is 17.0 Å². The molecule has 1 aromatic heterocycles. The van der Waals surface area contributed by atoms with E-state index >= 15 is 0 Å². The molecular formula is C16H18N2O3S. The van der Waals surface area contributed by atoms with Gasteiger partial charge in [0.25, 0.3) is 5.56 Å². The summed E-state index contributed by atoms with van der Waals surface area (Å²) in [5.74, 6) is -1.03. The molecule has 0 radical (unpaired) electrons. The molecule has 0 spiro atoms. The molecule has 5 nitrogen and oxygen atoms in total. The summed E-state index contributed by atoms with van der Waals surface area (Å²) < 4.78 is 1.24. The van der Waals surface area contributed by atoms with Crippen molar-refractivity contribution >= 4 is 17.7 Å². The minimum Gasteiger partial charge on any atom is -0.477 e. The van der Waals surface area contributed by atoms with Gasteiger partial charge in [-0.25, -0.2) is 9.48 Å². The summed E-state index contributed by atoms with van der Waals surface area (Å²) in [6, 6.07) is 8.99. The van der Waals surface area contributed by atoms with Gasteiger partial charge in [-0.2, -0.15) is 5.10 Å². The SMILES string of the molecule is CSc1ccc(-c2cc(C(=O)O)c(=O)n(CC(C)C)n2)cc1. The van der Waals surface area contributed by atoms with Crippen LogP contribution in [-0.2, 0) is 6.54 Å². The molecule has 2 aromatic rings. The van der Waals surface area contributed by atoms with Crippen molar-refractivity contribution in [3.8, 4) is 11.3 Å². The second-order valence-electron chi connectivity index (χ2n) is 5.36. The minimum atomic E-state index is -1.23. The molecular weight excluding hydrogens is 300 g/mol. The van der Waals surface area contributed by atoms with E-state index in [9.17, 15) is 14.7 Å². The first-order chi connectivity index (χ1) is 10.4. The molecule has 0 saturated heterocycles. The third-order valence-electron chi connectivity index (χ3n) is 3.13. The van der Waals surface area contributed by atoms with Gasteiger partial charge in [-0.05, 0) is 30.4 Å². The molecule has 116 valence electrons. The fourth-order valence-electron chi connectivity index (χ4n) is 2.07. The zero-order chi connectivity index (χ0) is 16.3. The van der Waals surface area contributed by atoms with Crippen LogP contribution in [0.15, 0.2) is 40.0 Å². The van der Waals surface area contributed by atoms with Gasteiger partial charge in [0.2, 0.25) is 0 Å². The van der Waals surface area contributed by atoms with Gasteiger partial charge in [-0.3, -0.25) is 4.79 Å². The normalized spacial score (nSPS) is 10.9. The van der Waals surface area contributed by atoms with E-state index in [0.717, 1.165) is 10.5 Å². The predicted octanol–water partition coefficient (Wildman–Crippen LogP) is 2.99. The Kier molecular flexibility index (Phi) is 5.03. The number of benzene rings is 1. The van der Waals surface area contributed by atoms with E-state index in [1.807, 2.05) is 44.4 Å². The van der Waals surface area contributed by atoms with Gasteiger partial charge in [0.05, 0.1) is 5.69 Å². The van der Waals surface area contributed by atoms with Gasteiger partial charge in [0.1, 0.15) is 5.56 Å². The van der Waals surface area contributed by atoms with E-state index in [0.29, 0.717) is 12.2 Å². The van der Waals surface area contributed by atoms with E-state index in [1.165, 1.54) is 10.7 Å². The molecule has 0 fully saturated rings. The maximum absolute atomic E-state index is 12.1. The number of aromatic nitrogens is 2. The molecule has 2 rings (SSSR count). The topological polar surface area (TPSA) is 72.2 Å². The molecule has 0 aliphatic rings. The van der Waals surface area contributed by atoms with Crippen molar-refractivity contribution in [3.05, 3.63) is 46.2 Å². The lowest BCUT2D eigenvalue weighted by molar-refractivity contribution is 0.0693. The lowest BCUT2D eigenvalue weighted by atomic mass is 10.1. The number of thioether (sulfide) groups is 1. The Morgan fingerprint density at radius 3 is 2.45 bits per heavy atom. The molecule has 22 heavy (non-hydrogen) atoms. The van der Waals surface area contributed by atoms with Crippen LogP contribution in [0.2, 0.25) is 0 Å². The Bertz CT molecular complexity index is 736. The second kappa shape index (κ2) is 6.79. The predicted molar refractivity (Wildman–Crippen MR) is 87.5 cm³/mol. The molecule has 0 atom stereocenters. The van der Waals surface area contributed by atoms with Crippen molar-refractivity contribution in [3.63, 3.8) is 0 Å². The standard InChI is InChI=1S/C16H18N2O3S/c1-10(2)9-18-15(19)13(16(20)21)8-14(17-18)11-4-6-12(22-3)7-5-11/h4-8,10H,9H2,1-3H3,(H,20,21). The average molecular weight is 318 g/mol. The molecule has 0 bridgehead atoms. The highest BCUT2D eigenvalue weighted by atomic mass is 32.2. The van der Waals surface area contributed by atoms with Crippen molar-refractivity contribution in [2.75, 3.05) is 6.26 Å². The van der Waals surface area contributed by atoms with E-state index in [-0.39, 0.29) is 11.5 Å². The Balaban J connectivity index is 2.57. The third kappa shape index (κ3) is 3.57. The Labute approximate surface area is 133 Å². The number of rotatable bonds is 5. The van der Waals surface area contributed by atoms with Crippen LogP contribution in [0.3, 0.4) is 0 Å². The highest BCUT2D eigenvalue weighted by Gasteiger charge is 2.16. The lowest BCUT2D eigenvalue weighted by Crippen LogP contribution is -2.30. The second-order valence-corrected chi connectivity index (χ2v) is 6.24. The highest BCUT2D eigenvalue weighted by molar-refractivity contribution is 7.98. The van der Waals surface area contributed by atoms with Gasteiger partial charge in [-0.15, -0.1) is 11.8 Å². The number of carboxylic acids is 1. The zero-order valence-corrected chi connectivity index (χ0v) is 13.6. The largest absolute Gasteiger partial charge is 0.477 e. The van der Waals surface area contributed by atoms with Gasteiger partial charge < -0.3 is 5.11 Å². The summed E-state index contributed by atoms with van der Waals surface area (Å²) in [5, 5.41) is 13.5. The average Bonchev–Trinajstić information content (AvgIpc) is 2.48. The van der Waals surface area contributed by atoms with Crippen LogP contribution in [0, 0.1) is 5.92 Å². The lowest BCUT2D eigenvalue weighted by Gasteiger charge is -2.11. The van der Waals surface area contributed by atoms with Crippen LogP contribution < -0.4 is 5.56 Å². The smallest absolute Gasteiger partial charge is 0.341 e. The van der Waals surface area contributed by atoms with Crippen LogP contribution >= 0.6 is 11.8 Å². The summed E-state index contributed by atoms with van der Waals surface area (Å²) in [5.41, 5.74) is 0.466.